The molecule has 3 heteroatoms. The lowest BCUT2D eigenvalue weighted by molar-refractivity contribution is 0.600. The maximum atomic E-state index is 7.11. The fourth-order valence-corrected chi connectivity index (χ4v) is 15.2. The lowest BCUT2D eigenvalue weighted by Crippen LogP contribution is -2.24. The summed E-state index contributed by atoms with van der Waals surface area (Å²) in [6.45, 7) is 22.3. The predicted molar refractivity (Wildman–Crippen MR) is 320 cm³/mol. The van der Waals surface area contributed by atoms with Crippen LogP contribution >= 0.6 is 0 Å². The molecule has 4 aliphatic carbocycles. The molecule has 0 bridgehead atoms. The van der Waals surface area contributed by atoms with E-state index in [0.717, 1.165) is 33.3 Å². The molecule has 2 heterocycles. The fraction of sp³-hybridized carbons (Fsp3) is 0.189. The molecule has 0 aliphatic heterocycles. The highest BCUT2D eigenvalue weighted by atomic mass is 16.3. The highest BCUT2D eigenvalue weighted by Crippen LogP contribution is 2.64. The van der Waals surface area contributed by atoms with Gasteiger partial charge in [0.15, 0.2) is 0 Å². The number of benzene rings is 10. The summed E-state index contributed by atoms with van der Waals surface area (Å²) in [6.07, 6.45) is 0. The number of rotatable bonds is 5. The Kier molecular flexibility index (Phi) is 8.71. The molecule has 4 aliphatic rings. The standard InChI is InChI=1S/C74H59NO2/c1-41-26-29-43(30-27-41)53-39-59-62(64-51-20-12-16-24-60(51)76-69(53)64)49-34-31-44(37-57(49)72(59,4)5)75(40-42-28-33-47-46-18-10-14-22-54(46)71(2,3)56(47)36-42)45-32-35-50-58(38-45)74(8,9)68-66(50)70-65(52-21-13-17-25-61(52)77-70)63-48-19-11-15-23-55(48)73(6,7)67(63)68/h10-39H,40H2,1-9H3. The van der Waals surface area contributed by atoms with Crippen molar-refractivity contribution in [3.05, 3.63) is 238 Å². The van der Waals surface area contributed by atoms with Crippen LogP contribution in [0.1, 0.15) is 111 Å². The van der Waals surface area contributed by atoms with Crippen molar-refractivity contribution >= 4 is 55.3 Å². The van der Waals surface area contributed by atoms with Crippen LogP contribution in [0, 0.1) is 6.92 Å². The molecule has 0 radical (unpaired) electrons. The summed E-state index contributed by atoms with van der Waals surface area (Å²) in [7, 11) is 0. The summed E-state index contributed by atoms with van der Waals surface area (Å²) < 4.78 is 14.0. The lowest BCUT2D eigenvalue weighted by atomic mass is 9.72. The van der Waals surface area contributed by atoms with Crippen molar-refractivity contribution in [3.8, 4) is 55.6 Å². The van der Waals surface area contributed by atoms with Crippen LogP contribution in [-0.4, -0.2) is 0 Å². The summed E-state index contributed by atoms with van der Waals surface area (Å²) in [5.74, 6) is 0. The molecule has 0 saturated carbocycles. The van der Waals surface area contributed by atoms with Gasteiger partial charge < -0.3 is 13.7 Å². The monoisotopic (exact) mass is 993 g/mol. The van der Waals surface area contributed by atoms with Gasteiger partial charge in [0.2, 0.25) is 0 Å². The first-order valence-electron chi connectivity index (χ1n) is 27.6. The van der Waals surface area contributed by atoms with Crippen LogP contribution in [0.15, 0.2) is 191 Å². The van der Waals surface area contributed by atoms with Crippen LogP contribution in [0.25, 0.3) is 99.5 Å². The van der Waals surface area contributed by atoms with Gasteiger partial charge in [-0.15, -0.1) is 0 Å². The number of furan rings is 2. The van der Waals surface area contributed by atoms with Gasteiger partial charge in [0.25, 0.3) is 0 Å². The van der Waals surface area contributed by atoms with E-state index >= 15 is 0 Å². The Hall–Kier alpha value is -8.40. The van der Waals surface area contributed by atoms with Gasteiger partial charge in [0.1, 0.15) is 22.3 Å². The molecular formula is C74H59NO2. The minimum absolute atomic E-state index is 0.116. The van der Waals surface area contributed by atoms with Gasteiger partial charge in [-0.2, -0.15) is 0 Å². The first-order chi connectivity index (χ1) is 37.1. The van der Waals surface area contributed by atoms with Gasteiger partial charge in [-0.05, 0) is 144 Å². The van der Waals surface area contributed by atoms with E-state index in [9.17, 15) is 0 Å². The van der Waals surface area contributed by atoms with Crippen molar-refractivity contribution < 1.29 is 8.83 Å². The Labute approximate surface area is 450 Å². The Balaban J connectivity index is 0.906. The number of hydrogen-bond acceptors (Lipinski definition) is 3. The highest BCUT2D eigenvalue weighted by molar-refractivity contribution is 6.21. The molecular weight excluding hydrogens is 935 g/mol. The van der Waals surface area contributed by atoms with E-state index in [-0.39, 0.29) is 21.7 Å². The van der Waals surface area contributed by atoms with Crippen LogP contribution in [0.5, 0.6) is 0 Å². The number of hydrogen-bond donors (Lipinski definition) is 0. The van der Waals surface area contributed by atoms with E-state index in [1.807, 2.05) is 0 Å². The maximum Gasteiger partial charge on any atom is 0.144 e. The molecule has 372 valence electrons. The summed E-state index contributed by atoms with van der Waals surface area (Å²) >= 11 is 0. The molecule has 0 fully saturated rings. The Morgan fingerprint density at radius 3 is 1.53 bits per heavy atom. The first-order valence-corrected chi connectivity index (χ1v) is 27.6. The fourth-order valence-electron chi connectivity index (χ4n) is 15.2. The van der Waals surface area contributed by atoms with E-state index in [2.05, 4.69) is 249 Å². The summed E-state index contributed by atoms with van der Waals surface area (Å²) in [5, 5.41) is 4.77. The topological polar surface area (TPSA) is 29.5 Å². The van der Waals surface area contributed by atoms with Crippen LogP contribution in [-0.2, 0) is 28.2 Å². The quantitative estimate of drug-likeness (QED) is 0.172. The molecule has 0 unspecified atom stereocenters. The second-order valence-corrected chi connectivity index (χ2v) is 24.8. The highest BCUT2D eigenvalue weighted by Gasteiger charge is 2.49. The van der Waals surface area contributed by atoms with Gasteiger partial charge in [0.05, 0.1) is 0 Å². The van der Waals surface area contributed by atoms with Crippen LogP contribution < -0.4 is 4.90 Å². The molecule has 0 amide bonds. The van der Waals surface area contributed by atoms with Crippen molar-refractivity contribution in [1.82, 2.24) is 0 Å². The van der Waals surface area contributed by atoms with E-state index < -0.39 is 0 Å². The summed E-state index contributed by atoms with van der Waals surface area (Å²) in [6, 6.07) is 68.5. The second-order valence-electron chi connectivity index (χ2n) is 24.8. The molecule has 12 aromatic rings. The average molecular weight is 994 g/mol. The Morgan fingerprint density at radius 1 is 0.364 bits per heavy atom. The van der Waals surface area contributed by atoms with E-state index in [1.54, 1.807) is 0 Å². The van der Waals surface area contributed by atoms with Crippen molar-refractivity contribution in [3.63, 3.8) is 0 Å². The molecule has 0 N–H and O–H groups in total. The van der Waals surface area contributed by atoms with Gasteiger partial charge >= 0.3 is 0 Å². The number of para-hydroxylation sites is 2. The number of aryl methyl sites for hydroxylation is 1. The van der Waals surface area contributed by atoms with Crippen molar-refractivity contribution in [2.75, 3.05) is 4.90 Å². The van der Waals surface area contributed by atoms with Gasteiger partial charge in [-0.25, -0.2) is 0 Å². The van der Waals surface area contributed by atoms with E-state index in [4.69, 9.17) is 8.83 Å². The third-order valence-corrected chi connectivity index (χ3v) is 19.1. The first kappa shape index (κ1) is 44.9. The van der Waals surface area contributed by atoms with Crippen molar-refractivity contribution in [2.24, 2.45) is 0 Å². The zero-order valence-corrected chi connectivity index (χ0v) is 45.3. The normalized spacial score (nSPS) is 16.1. The van der Waals surface area contributed by atoms with Crippen LogP contribution in [0.2, 0.25) is 0 Å². The smallest absolute Gasteiger partial charge is 0.144 e. The van der Waals surface area contributed by atoms with Gasteiger partial charge in [0, 0.05) is 72.3 Å². The minimum Gasteiger partial charge on any atom is -0.455 e. The van der Waals surface area contributed by atoms with Gasteiger partial charge in [-0.3, -0.25) is 0 Å². The largest absolute Gasteiger partial charge is 0.455 e. The number of fused-ring (bicyclic) bond motifs is 22. The van der Waals surface area contributed by atoms with Crippen LogP contribution in [0.3, 0.4) is 0 Å². The van der Waals surface area contributed by atoms with Gasteiger partial charge in [-0.1, -0.05) is 200 Å². The average Bonchev–Trinajstić information content (AvgIpc) is 4.41. The molecule has 16 rings (SSSR count). The number of anilines is 2. The minimum atomic E-state index is -0.345. The molecule has 0 spiro atoms. The number of nitrogens with zero attached hydrogens (tertiary/aromatic N) is 1. The molecule has 0 atom stereocenters. The maximum absolute atomic E-state index is 7.11. The van der Waals surface area contributed by atoms with Crippen LogP contribution in [0.4, 0.5) is 11.4 Å². The molecule has 10 aromatic carbocycles. The Morgan fingerprint density at radius 2 is 0.844 bits per heavy atom. The van der Waals surface area contributed by atoms with Crippen molar-refractivity contribution in [2.45, 2.75) is 90.5 Å². The van der Waals surface area contributed by atoms with E-state index in [0.29, 0.717) is 6.54 Å². The molecule has 77 heavy (non-hydrogen) atoms. The molecule has 3 nitrogen and oxygen atoms in total. The second kappa shape index (κ2) is 15.0. The molecule has 0 saturated heterocycles. The molecule has 2 aromatic heterocycles. The Bertz CT molecular complexity index is 4610. The SMILES string of the molecule is Cc1ccc(-c2cc3c(c4c2oc2ccccc24)-c2ccc(N(Cc4ccc5c(c4)C(C)(C)c4ccccc4-5)c4ccc5c(c4)C(C)(C)c4c6c(c7c(oc8ccccc87)c4-5)-c4ccccc4C6(C)C)cc2C3(C)C)cc1. The zero-order chi connectivity index (χ0) is 52.2. The zero-order valence-electron chi connectivity index (χ0n) is 45.3. The third kappa shape index (κ3) is 5.77. The summed E-state index contributed by atoms with van der Waals surface area (Å²) in [5.41, 5.74) is 31.3. The van der Waals surface area contributed by atoms with Crippen molar-refractivity contribution in [1.29, 1.82) is 0 Å². The van der Waals surface area contributed by atoms with E-state index in [1.165, 1.54) is 133 Å². The summed E-state index contributed by atoms with van der Waals surface area (Å²) in [4.78, 5) is 2.59. The predicted octanol–water partition coefficient (Wildman–Crippen LogP) is 20.0. The third-order valence-electron chi connectivity index (χ3n) is 19.1. The lowest BCUT2D eigenvalue weighted by Gasteiger charge is -2.32.